The number of imide groups is 2. The number of fused-ring (bicyclic) bond motifs is 4. The molecule has 0 radical (unpaired) electrons. The highest BCUT2D eigenvalue weighted by Gasteiger charge is 2.45. The first-order valence-corrected chi connectivity index (χ1v) is 19.8. The van der Waals surface area contributed by atoms with Gasteiger partial charge in [-0.2, -0.15) is 0 Å². The molecule has 1 saturated carbocycles. The van der Waals surface area contributed by atoms with Crippen molar-refractivity contribution in [2.24, 2.45) is 7.05 Å². The van der Waals surface area contributed by atoms with Crippen LogP contribution < -0.4 is 15.0 Å². The summed E-state index contributed by atoms with van der Waals surface area (Å²) in [5.41, 5.74) is 5.27. The fourth-order valence-corrected chi connectivity index (χ4v) is 8.10. The third-order valence-corrected chi connectivity index (χ3v) is 11.5. The maximum Gasteiger partial charge on any atom is 0.293 e. The van der Waals surface area contributed by atoms with Crippen LogP contribution in [-0.4, -0.2) is 113 Å². The summed E-state index contributed by atoms with van der Waals surface area (Å²) in [6.07, 6.45) is 7.12. The Morgan fingerprint density at radius 2 is 1.63 bits per heavy atom. The van der Waals surface area contributed by atoms with Crippen molar-refractivity contribution in [3.63, 3.8) is 0 Å². The quantitative estimate of drug-likeness (QED) is 0.112. The Morgan fingerprint density at radius 1 is 0.814 bits per heavy atom. The van der Waals surface area contributed by atoms with Gasteiger partial charge in [-0.15, -0.1) is 0 Å². The smallest absolute Gasteiger partial charge is 0.293 e. The molecule has 2 aromatic carbocycles. The maximum absolute atomic E-state index is 14.5. The summed E-state index contributed by atoms with van der Waals surface area (Å²) in [5, 5.41) is 4.46. The summed E-state index contributed by atoms with van der Waals surface area (Å²) < 4.78 is 53.9. The summed E-state index contributed by atoms with van der Waals surface area (Å²) in [4.78, 5) is 61.5. The van der Waals surface area contributed by atoms with Gasteiger partial charge in [0.2, 0.25) is 17.7 Å². The van der Waals surface area contributed by atoms with Gasteiger partial charge in [0.05, 0.1) is 28.9 Å². The van der Waals surface area contributed by atoms with E-state index in [4.69, 9.17) is 18.9 Å². The number of anilines is 1. The molecular formula is C43H42F2N6O8. The van der Waals surface area contributed by atoms with E-state index >= 15 is 0 Å². The lowest BCUT2D eigenvalue weighted by atomic mass is 9.92. The van der Waals surface area contributed by atoms with Gasteiger partial charge in [0.15, 0.2) is 0 Å². The van der Waals surface area contributed by atoms with Crippen LogP contribution in [0, 0.1) is 0 Å². The first-order chi connectivity index (χ1) is 28.5. The minimum absolute atomic E-state index is 0.00195. The molecule has 1 atom stereocenters. The predicted octanol–water partition coefficient (Wildman–Crippen LogP) is 5.06. The Kier molecular flexibility index (Phi) is 10.3. The van der Waals surface area contributed by atoms with Crippen LogP contribution in [0.1, 0.15) is 52.8 Å². The van der Waals surface area contributed by atoms with Gasteiger partial charge in [0.25, 0.3) is 17.7 Å². The molecule has 4 aliphatic rings. The number of piperidine rings is 1. The van der Waals surface area contributed by atoms with Crippen molar-refractivity contribution in [3.05, 3.63) is 84.3 Å². The minimum atomic E-state index is -3.17. The van der Waals surface area contributed by atoms with Crippen LogP contribution in [0.2, 0.25) is 0 Å². The summed E-state index contributed by atoms with van der Waals surface area (Å²) in [6, 6.07) is 16.0. The van der Waals surface area contributed by atoms with Gasteiger partial charge in [-0.1, -0.05) is 12.1 Å². The molecule has 3 fully saturated rings. The van der Waals surface area contributed by atoms with E-state index in [1.54, 1.807) is 18.3 Å². The Hall–Kier alpha value is -5.84. The van der Waals surface area contributed by atoms with Gasteiger partial charge in [-0.05, 0) is 54.8 Å². The van der Waals surface area contributed by atoms with Crippen molar-refractivity contribution in [2.75, 3.05) is 44.4 Å². The second-order valence-electron chi connectivity index (χ2n) is 15.6. The number of amides is 4. The molecular weight excluding hydrogens is 767 g/mol. The number of ether oxygens (including phenoxy) is 4. The molecule has 1 N–H and O–H groups in total. The second-order valence-corrected chi connectivity index (χ2v) is 15.6. The van der Waals surface area contributed by atoms with Gasteiger partial charge in [0, 0.05) is 105 Å². The van der Waals surface area contributed by atoms with Crippen LogP contribution in [0.4, 0.5) is 14.5 Å². The van der Waals surface area contributed by atoms with Crippen molar-refractivity contribution in [3.8, 4) is 17.0 Å². The summed E-state index contributed by atoms with van der Waals surface area (Å²) in [5.74, 6) is -4.94. The van der Waals surface area contributed by atoms with E-state index in [1.807, 2.05) is 35.5 Å². The topological polar surface area (TPSA) is 154 Å². The van der Waals surface area contributed by atoms with E-state index in [0.29, 0.717) is 37.7 Å². The Labute approximate surface area is 337 Å². The van der Waals surface area contributed by atoms with Crippen LogP contribution in [0.3, 0.4) is 0 Å². The third kappa shape index (κ3) is 7.75. The minimum Gasteiger partial charge on any atom is -0.474 e. The number of hydrogen-bond acceptors (Lipinski definition) is 11. The number of benzene rings is 2. The SMILES string of the molecule is Cn1c2ccncc2c2ccc(-c3ccc(O[C@H]4C[C@H](OCCCOCC(F)(F)COC5CN(c6ccc7c(c6)C(=O)N(C6CCC(=O)NC6=O)C7=O)C5)C4)nc3)cc21. The van der Waals surface area contributed by atoms with E-state index in [2.05, 4.69) is 45.1 Å². The highest BCUT2D eigenvalue weighted by atomic mass is 19.3. The Balaban J connectivity index is 0.641. The van der Waals surface area contributed by atoms with Crippen molar-refractivity contribution < 1.29 is 46.9 Å². The lowest BCUT2D eigenvalue weighted by Gasteiger charge is -2.41. The maximum atomic E-state index is 14.5. The fourth-order valence-electron chi connectivity index (χ4n) is 8.10. The van der Waals surface area contributed by atoms with Crippen molar-refractivity contribution >= 4 is 51.1 Å². The molecule has 6 heterocycles. The zero-order chi connectivity index (χ0) is 40.8. The van der Waals surface area contributed by atoms with Crippen molar-refractivity contribution in [1.29, 1.82) is 0 Å². The third-order valence-electron chi connectivity index (χ3n) is 11.5. The van der Waals surface area contributed by atoms with E-state index in [9.17, 15) is 28.0 Å². The number of aromatic nitrogens is 3. The molecule has 2 saturated heterocycles. The van der Waals surface area contributed by atoms with E-state index < -0.39 is 54.9 Å². The molecule has 1 aliphatic carbocycles. The lowest BCUT2D eigenvalue weighted by Crippen LogP contribution is -2.54. The molecule has 5 aromatic rings. The number of nitrogens with one attached hydrogen (secondary N) is 1. The van der Waals surface area contributed by atoms with Crippen molar-refractivity contribution in [2.45, 2.75) is 62.4 Å². The molecule has 0 bridgehead atoms. The predicted molar refractivity (Wildman–Crippen MR) is 210 cm³/mol. The number of nitrogens with zero attached hydrogens (tertiary/aromatic N) is 5. The number of carbonyl (C=O) groups excluding carboxylic acids is 4. The lowest BCUT2D eigenvalue weighted by molar-refractivity contribution is -0.142. The summed E-state index contributed by atoms with van der Waals surface area (Å²) >= 11 is 0. The molecule has 59 heavy (non-hydrogen) atoms. The van der Waals surface area contributed by atoms with Gasteiger partial charge in [0.1, 0.15) is 25.4 Å². The number of hydrogen-bond donors (Lipinski definition) is 1. The first-order valence-electron chi connectivity index (χ1n) is 19.8. The molecule has 3 aliphatic heterocycles. The number of carbonyl (C=O) groups is 4. The molecule has 306 valence electrons. The highest BCUT2D eigenvalue weighted by Crippen LogP contribution is 2.34. The molecule has 16 heteroatoms. The Morgan fingerprint density at radius 3 is 2.42 bits per heavy atom. The summed E-state index contributed by atoms with van der Waals surface area (Å²) in [7, 11) is 2.06. The number of rotatable bonds is 15. The zero-order valence-corrected chi connectivity index (χ0v) is 32.3. The standard InChI is InChI=1S/C43H42F2N6O8/c1-49-35-11-12-46-20-34(35)31-6-3-25(15-37(31)49)26-4-10-39(47-19-26)59-29-17-28(18-29)57-14-2-13-56-23-43(44,45)24-58-30-21-50(22-30)27-5-7-32-33(16-27)42(55)51(41(32)54)36-8-9-38(52)48-40(36)53/h3-7,10-12,15-16,19-20,28-30,36H,2,8-9,13-14,17-18,21-24H2,1H3,(H,48,52,53)/t28-,29-,36?. The average Bonchev–Trinajstić information content (AvgIpc) is 3.62. The largest absolute Gasteiger partial charge is 0.474 e. The van der Waals surface area contributed by atoms with Gasteiger partial charge in [-0.25, -0.2) is 13.8 Å². The van der Waals surface area contributed by atoms with E-state index in [0.717, 1.165) is 50.7 Å². The van der Waals surface area contributed by atoms with Gasteiger partial charge >= 0.3 is 0 Å². The van der Waals surface area contributed by atoms with Crippen LogP contribution in [0.25, 0.3) is 32.9 Å². The first kappa shape index (κ1) is 38.7. The van der Waals surface area contributed by atoms with Crippen LogP contribution >= 0.6 is 0 Å². The van der Waals surface area contributed by atoms with E-state index in [1.165, 1.54) is 6.07 Å². The molecule has 14 nitrogen and oxygen atoms in total. The number of aryl methyl sites for hydroxylation is 1. The van der Waals surface area contributed by atoms with Crippen LogP contribution in [0.15, 0.2) is 73.2 Å². The Bertz CT molecular complexity index is 2450. The molecule has 4 amide bonds. The number of alkyl halides is 2. The number of pyridine rings is 2. The monoisotopic (exact) mass is 808 g/mol. The van der Waals surface area contributed by atoms with Crippen LogP contribution in [-0.2, 0) is 30.8 Å². The molecule has 0 spiro atoms. The highest BCUT2D eigenvalue weighted by molar-refractivity contribution is 6.23. The normalized spacial score (nSPS) is 20.9. The van der Waals surface area contributed by atoms with E-state index in [-0.39, 0.29) is 42.8 Å². The van der Waals surface area contributed by atoms with Gasteiger partial charge in [-0.3, -0.25) is 34.4 Å². The summed E-state index contributed by atoms with van der Waals surface area (Å²) in [6.45, 7) is -0.399. The fraction of sp³-hybridized carbons (Fsp3) is 0.395. The molecule has 3 aromatic heterocycles. The van der Waals surface area contributed by atoms with Crippen molar-refractivity contribution in [1.82, 2.24) is 24.8 Å². The molecule has 1 unspecified atom stereocenters. The average molecular weight is 809 g/mol. The zero-order valence-electron chi connectivity index (χ0n) is 32.3. The van der Waals surface area contributed by atoms with Crippen LogP contribution in [0.5, 0.6) is 5.88 Å². The number of halogens is 2. The van der Waals surface area contributed by atoms with Gasteiger partial charge < -0.3 is 28.4 Å². The second kappa shape index (κ2) is 15.7. The molecule has 9 rings (SSSR count).